The van der Waals surface area contributed by atoms with Gasteiger partial charge in [-0.15, -0.1) is 40.6 Å². The summed E-state index contributed by atoms with van der Waals surface area (Å²) in [6.45, 7) is 1.36. The number of amides is 2. The third-order valence-electron chi connectivity index (χ3n) is 5.11. The summed E-state index contributed by atoms with van der Waals surface area (Å²) in [6.07, 6.45) is 0.000917. The normalized spacial score (nSPS) is 17.8. The van der Waals surface area contributed by atoms with Crippen LogP contribution in [0.15, 0.2) is 21.8 Å². The van der Waals surface area contributed by atoms with E-state index >= 15 is 0 Å². The molecule has 2 aromatic rings. The first-order chi connectivity index (χ1) is 16.2. The fourth-order valence-electron chi connectivity index (χ4n) is 3.47. The number of hydrogen-bond donors (Lipinski definition) is 3. The molecule has 2 aliphatic rings. The van der Waals surface area contributed by atoms with Crippen molar-refractivity contribution in [2.75, 3.05) is 37.9 Å². The van der Waals surface area contributed by atoms with Crippen LogP contribution in [0.4, 0.5) is 5.13 Å². The Kier molecular flexibility index (Phi) is 14.2. The number of nitrogens with two attached hydrogens (primary N) is 1. The number of aromatic nitrogens is 5. The van der Waals surface area contributed by atoms with Gasteiger partial charge in [0.15, 0.2) is 5.13 Å². The molecule has 0 saturated carbocycles. The number of carbonyl (C=O) groups is 3. The molecule has 0 bridgehead atoms. The van der Waals surface area contributed by atoms with Crippen molar-refractivity contribution in [3.63, 3.8) is 0 Å². The summed E-state index contributed by atoms with van der Waals surface area (Å²) in [5.74, 6) is -1.24. The number of halogens is 1. The number of hydrogen-bond acceptors (Lipinski definition) is 12. The number of fused-ring (bicyclic) bond motifs is 1. The van der Waals surface area contributed by atoms with Crippen LogP contribution < -0.4 is 11.1 Å². The Morgan fingerprint density at radius 3 is 2.63 bits per heavy atom. The van der Waals surface area contributed by atoms with Gasteiger partial charge < -0.3 is 37.5 Å². The fourth-order valence-corrected chi connectivity index (χ4v) is 6.42. The van der Waals surface area contributed by atoms with Crippen LogP contribution in [0.1, 0.15) is 5.69 Å². The third-order valence-corrected chi connectivity index (χ3v) is 8.22. The van der Waals surface area contributed by atoms with E-state index in [-0.39, 0.29) is 46.9 Å². The third kappa shape index (κ3) is 7.76. The number of tetrazole rings is 1. The average Bonchev–Trinajstić information content (AvgIpc) is 3.41. The second-order valence-corrected chi connectivity index (χ2v) is 10.8. The standard InChI is InChI=1S/C18H23N9O4S3.ClH.3H2O/c1-25(2)3-4-26-18(22-23-24-26)34-7-9-6-32-15-12(14(29)27(15)13(9)16(30)31)21-11(28)5-10-8-33-17(19)20-10;;;;/h8,12,15H,3-7H2,1-2H3,(H2,19,20)(H,21,28)(H,30,31);1H;3*1H2/t12-,15-;;;;/m1..../s1. The summed E-state index contributed by atoms with van der Waals surface area (Å²) in [6, 6.07) is -0.782. The van der Waals surface area contributed by atoms with Gasteiger partial charge in [-0.3, -0.25) is 14.5 Å². The largest absolute Gasteiger partial charge is 0.477 e. The van der Waals surface area contributed by atoms with E-state index < -0.39 is 23.3 Å². The molecular weight excluding hydrogens is 586 g/mol. The average molecular weight is 616 g/mol. The lowest BCUT2D eigenvalue weighted by atomic mass is 10.0. The summed E-state index contributed by atoms with van der Waals surface area (Å²) >= 11 is 3.98. The zero-order valence-corrected chi connectivity index (χ0v) is 23.5. The molecule has 2 amide bonds. The molecule has 2 aromatic heterocycles. The number of carboxylic acid groups (broad SMARTS) is 1. The van der Waals surface area contributed by atoms with E-state index in [0.717, 1.165) is 6.54 Å². The predicted octanol–water partition coefficient (Wildman–Crippen LogP) is -2.71. The first-order valence-corrected chi connectivity index (χ1v) is 13.1. The summed E-state index contributed by atoms with van der Waals surface area (Å²) in [4.78, 5) is 44.5. The number of anilines is 1. The van der Waals surface area contributed by atoms with Gasteiger partial charge in [-0.05, 0) is 30.1 Å². The quantitative estimate of drug-likeness (QED) is 0.182. The summed E-state index contributed by atoms with van der Waals surface area (Å²) in [5.41, 5.74) is 6.68. The number of likely N-dealkylation sites (N-methyl/N-ethyl adjacent to an activating group) is 1. The Bertz CT molecular complexity index is 1150. The van der Waals surface area contributed by atoms with Crippen molar-refractivity contribution in [2.45, 2.75) is 29.5 Å². The molecule has 0 unspecified atom stereocenters. The van der Waals surface area contributed by atoms with Gasteiger partial charge in [0, 0.05) is 23.4 Å². The van der Waals surface area contributed by atoms with Crippen LogP contribution in [-0.4, -0.2) is 118 Å². The van der Waals surface area contributed by atoms with E-state index in [0.29, 0.717) is 39.6 Å². The second-order valence-electron chi connectivity index (χ2n) is 7.84. The highest BCUT2D eigenvalue weighted by molar-refractivity contribution is 8.01. The van der Waals surface area contributed by atoms with E-state index in [1.54, 1.807) is 10.1 Å². The molecule has 0 radical (unpaired) electrons. The number of thiazole rings is 1. The summed E-state index contributed by atoms with van der Waals surface area (Å²) in [5, 5.41) is 26.4. The number of nitrogens with one attached hydrogen (secondary N) is 1. The number of thioether (sulfide) groups is 2. The van der Waals surface area contributed by atoms with E-state index in [4.69, 9.17) is 5.73 Å². The van der Waals surface area contributed by atoms with E-state index in [2.05, 4.69) is 25.8 Å². The monoisotopic (exact) mass is 615 g/mol. The Morgan fingerprint density at radius 2 is 2.03 bits per heavy atom. The van der Waals surface area contributed by atoms with Crippen molar-refractivity contribution in [2.24, 2.45) is 0 Å². The molecule has 10 N–H and O–H groups in total. The first kappa shape index (κ1) is 35.5. The van der Waals surface area contributed by atoms with E-state index in [1.807, 2.05) is 19.0 Å². The number of β-lactam (4-membered cyclic amide) rings is 1. The minimum Gasteiger partial charge on any atom is -0.477 e. The van der Waals surface area contributed by atoms with Gasteiger partial charge >= 0.3 is 5.97 Å². The first-order valence-electron chi connectivity index (χ1n) is 10.2. The van der Waals surface area contributed by atoms with Crippen LogP contribution in [0.25, 0.3) is 0 Å². The lowest BCUT2D eigenvalue weighted by Crippen LogP contribution is -2.70. The van der Waals surface area contributed by atoms with Crippen LogP contribution in [0.2, 0.25) is 0 Å². The van der Waals surface area contributed by atoms with Gasteiger partial charge in [0.2, 0.25) is 11.1 Å². The maximum absolute atomic E-state index is 12.8. The van der Waals surface area contributed by atoms with Gasteiger partial charge in [-0.25, -0.2) is 14.5 Å². The number of carboxylic acids is 1. The molecule has 214 valence electrons. The molecule has 0 spiro atoms. The van der Waals surface area contributed by atoms with E-state index in [9.17, 15) is 19.5 Å². The number of nitrogens with zero attached hydrogens (tertiary/aromatic N) is 7. The van der Waals surface area contributed by atoms with Crippen LogP contribution in [0, 0.1) is 0 Å². The van der Waals surface area contributed by atoms with Crippen molar-refractivity contribution in [1.29, 1.82) is 0 Å². The fraction of sp³-hybridized carbons (Fsp3) is 0.500. The minimum absolute atomic E-state index is 0. The van der Waals surface area contributed by atoms with Crippen molar-refractivity contribution in [1.82, 2.24) is 40.3 Å². The van der Waals surface area contributed by atoms with Gasteiger partial charge in [-0.1, -0.05) is 11.8 Å². The van der Waals surface area contributed by atoms with Gasteiger partial charge in [0.05, 0.1) is 18.7 Å². The number of aliphatic carboxylic acids is 1. The molecular formula is C18H30ClN9O7S3. The lowest BCUT2D eigenvalue weighted by molar-refractivity contribution is -0.150. The Labute approximate surface area is 235 Å². The molecule has 1 saturated heterocycles. The Balaban J connectivity index is 0.00000342. The maximum atomic E-state index is 12.8. The predicted molar refractivity (Wildman–Crippen MR) is 145 cm³/mol. The molecule has 38 heavy (non-hydrogen) atoms. The maximum Gasteiger partial charge on any atom is 0.352 e. The van der Waals surface area contributed by atoms with Crippen molar-refractivity contribution >= 4 is 70.2 Å². The minimum atomic E-state index is -1.18. The molecule has 0 aliphatic carbocycles. The van der Waals surface area contributed by atoms with Crippen LogP contribution in [0.5, 0.6) is 0 Å². The molecule has 0 aromatic carbocycles. The van der Waals surface area contributed by atoms with E-state index in [1.165, 1.54) is 39.8 Å². The number of carbonyl (C=O) groups excluding carboxylic acids is 2. The van der Waals surface area contributed by atoms with Crippen molar-refractivity contribution in [3.8, 4) is 0 Å². The zero-order valence-electron chi connectivity index (χ0n) is 20.3. The van der Waals surface area contributed by atoms with Gasteiger partial charge in [0.1, 0.15) is 17.1 Å². The number of nitrogen functional groups attached to an aromatic ring is 1. The number of rotatable bonds is 10. The molecule has 4 heterocycles. The van der Waals surface area contributed by atoms with Gasteiger partial charge in [0.25, 0.3) is 5.91 Å². The molecule has 20 heteroatoms. The zero-order chi connectivity index (χ0) is 24.4. The van der Waals surface area contributed by atoms with Crippen LogP contribution in [-0.2, 0) is 27.3 Å². The molecule has 1 fully saturated rings. The van der Waals surface area contributed by atoms with Gasteiger partial charge in [-0.2, -0.15) is 0 Å². The molecule has 2 atom stereocenters. The van der Waals surface area contributed by atoms with Crippen molar-refractivity contribution in [3.05, 3.63) is 22.3 Å². The summed E-state index contributed by atoms with van der Waals surface area (Å²) < 4.78 is 1.67. The molecule has 2 aliphatic heterocycles. The van der Waals surface area contributed by atoms with Crippen LogP contribution in [0.3, 0.4) is 0 Å². The lowest BCUT2D eigenvalue weighted by Gasteiger charge is -2.49. The smallest absolute Gasteiger partial charge is 0.352 e. The summed E-state index contributed by atoms with van der Waals surface area (Å²) in [7, 11) is 3.90. The molecule has 4 rings (SSSR count). The topological polar surface area (TPSA) is 267 Å². The SMILES string of the molecule is CN(C)CCn1nnnc1SCC1=C(C(=O)O)N2C(=O)[C@@H](NC(=O)Cc3csc(N)n3)[C@H]2SC1.Cl.O.O.O. The highest BCUT2D eigenvalue weighted by atomic mass is 35.5. The van der Waals surface area contributed by atoms with Crippen molar-refractivity contribution < 1.29 is 35.9 Å². The molecule has 16 nitrogen and oxygen atoms in total. The van der Waals surface area contributed by atoms with Crippen LogP contribution >= 0.6 is 47.3 Å². The highest BCUT2D eigenvalue weighted by Crippen LogP contribution is 2.41. The Morgan fingerprint density at radius 1 is 1.32 bits per heavy atom. The second kappa shape index (κ2) is 15.2. The highest BCUT2D eigenvalue weighted by Gasteiger charge is 2.54. The Hall–Kier alpha value is -2.52.